The van der Waals surface area contributed by atoms with Gasteiger partial charge in [0.25, 0.3) is 0 Å². The van der Waals surface area contributed by atoms with Crippen molar-refractivity contribution in [1.29, 1.82) is 0 Å². The topological polar surface area (TPSA) is 52.4 Å². The molecule has 4 nitrogen and oxygen atoms in total. The summed E-state index contributed by atoms with van der Waals surface area (Å²) in [7, 11) is 0. The number of benzene rings is 1. The third-order valence-corrected chi connectivity index (χ3v) is 2.44. The molecule has 16 heavy (non-hydrogen) atoms. The fourth-order valence-electron chi connectivity index (χ4n) is 1.01. The zero-order chi connectivity index (χ0) is 12.1. The van der Waals surface area contributed by atoms with E-state index in [1.807, 2.05) is 6.92 Å². The molecule has 0 saturated carbocycles. The minimum absolute atomic E-state index is 0.139. The van der Waals surface area contributed by atoms with E-state index in [4.69, 9.17) is 16.3 Å². The molecule has 0 N–H and O–H groups in total. The molecule has 0 amide bonds. The van der Waals surface area contributed by atoms with E-state index in [9.17, 15) is 14.5 Å². The molecule has 0 fully saturated rings. The monoisotopic (exact) mass is 247 g/mol. The second-order valence-electron chi connectivity index (χ2n) is 3.44. The summed E-state index contributed by atoms with van der Waals surface area (Å²) < 4.78 is 18.4. The van der Waals surface area contributed by atoms with Gasteiger partial charge in [-0.15, -0.1) is 11.6 Å². The number of hydrogen-bond acceptors (Lipinski definition) is 3. The Bertz CT molecular complexity index is 386. The number of nitrogens with zero attached hydrogens (tertiary/aromatic N) is 1. The quantitative estimate of drug-likeness (QED) is 0.457. The van der Waals surface area contributed by atoms with Crippen molar-refractivity contribution < 1.29 is 14.1 Å². The van der Waals surface area contributed by atoms with Gasteiger partial charge in [0.15, 0.2) is 0 Å². The summed E-state index contributed by atoms with van der Waals surface area (Å²) in [5.41, 5.74) is -0.558. The average molecular weight is 248 g/mol. The van der Waals surface area contributed by atoms with E-state index in [-0.39, 0.29) is 11.7 Å². The Labute approximate surface area is 97.1 Å². The zero-order valence-electron chi connectivity index (χ0n) is 8.65. The van der Waals surface area contributed by atoms with Crippen molar-refractivity contribution in [1.82, 2.24) is 0 Å². The maximum absolute atomic E-state index is 13.2. The standard InChI is InChI=1S/C10H11ClFNO3/c1-7(5-11)6-16-8-2-3-10(13(14)15)9(12)4-8/h2-4,7H,5-6H2,1H3. The number of halogens is 2. The Morgan fingerprint density at radius 1 is 1.62 bits per heavy atom. The minimum Gasteiger partial charge on any atom is -0.493 e. The second-order valence-corrected chi connectivity index (χ2v) is 3.75. The van der Waals surface area contributed by atoms with Crippen LogP contribution in [0.15, 0.2) is 18.2 Å². The van der Waals surface area contributed by atoms with E-state index in [1.54, 1.807) is 0 Å². The number of alkyl halides is 1. The molecule has 1 atom stereocenters. The molecule has 0 saturated heterocycles. The first-order valence-electron chi connectivity index (χ1n) is 4.67. The Morgan fingerprint density at radius 3 is 2.81 bits per heavy atom. The molecule has 1 aromatic rings. The Hall–Kier alpha value is -1.36. The highest BCUT2D eigenvalue weighted by Gasteiger charge is 2.14. The summed E-state index contributed by atoms with van der Waals surface area (Å²) in [6, 6.07) is 3.44. The van der Waals surface area contributed by atoms with Crippen LogP contribution >= 0.6 is 11.6 Å². The summed E-state index contributed by atoms with van der Waals surface area (Å²) in [5, 5.41) is 10.4. The van der Waals surface area contributed by atoms with E-state index in [0.717, 1.165) is 12.1 Å². The lowest BCUT2D eigenvalue weighted by Gasteiger charge is -2.09. The van der Waals surface area contributed by atoms with Crippen LogP contribution in [0.3, 0.4) is 0 Å². The number of nitro benzene ring substituents is 1. The van der Waals surface area contributed by atoms with E-state index in [2.05, 4.69) is 0 Å². The number of nitro groups is 1. The van der Waals surface area contributed by atoms with Crippen molar-refractivity contribution in [2.24, 2.45) is 5.92 Å². The summed E-state index contributed by atoms with van der Waals surface area (Å²) in [4.78, 5) is 9.58. The molecular formula is C10H11ClFNO3. The smallest absolute Gasteiger partial charge is 0.305 e. The van der Waals surface area contributed by atoms with Crippen LogP contribution in [0.2, 0.25) is 0 Å². The SMILES string of the molecule is CC(CCl)COc1ccc([N+](=O)[O-])c(F)c1. The predicted octanol–water partition coefficient (Wildman–Crippen LogP) is 2.99. The van der Waals surface area contributed by atoms with Crippen molar-refractivity contribution >= 4 is 17.3 Å². The molecule has 0 heterocycles. The maximum Gasteiger partial charge on any atom is 0.305 e. The second kappa shape index (κ2) is 5.65. The summed E-state index contributed by atoms with van der Waals surface area (Å²) in [6.07, 6.45) is 0. The van der Waals surface area contributed by atoms with Crippen molar-refractivity contribution in [3.05, 3.63) is 34.1 Å². The van der Waals surface area contributed by atoms with Gasteiger partial charge in [-0.05, 0) is 6.07 Å². The first-order valence-corrected chi connectivity index (χ1v) is 5.20. The Balaban J connectivity index is 2.70. The van der Waals surface area contributed by atoms with Gasteiger partial charge in [-0.25, -0.2) is 0 Å². The number of hydrogen-bond donors (Lipinski definition) is 0. The molecule has 0 radical (unpaired) electrons. The van der Waals surface area contributed by atoms with Crippen molar-refractivity contribution in [3.63, 3.8) is 0 Å². The Kier molecular flexibility index (Phi) is 4.49. The van der Waals surface area contributed by atoms with Crippen molar-refractivity contribution in [3.8, 4) is 5.75 Å². The van der Waals surface area contributed by atoms with E-state index < -0.39 is 16.4 Å². The third-order valence-electron chi connectivity index (χ3n) is 1.91. The molecule has 0 aromatic heterocycles. The van der Waals surface area contributed by atoms with Crippen LogP contribution in [0.5, 0.6) is 5.75 Å². The molecule has 1 unspecified atom stereocenters. The Morgan fingerprint density at radius 2 is 2.31 bits per heavy atom. The van der Waals surface area contributed by atoms with Crippen LogP contribution in [-0.4, -0.2) is 17.4 Å². The molecule has 1 aromatic carbocycles. The molecule has 0 spiro atoms. The van der Waals surface area contributed by atoms with Crippen LogP contribution in [0.25, 0.3) is 0 Å². The van der Waals surface area contributed by atoms with E-state index in [1.165, 1.54) is 6.07 Å². The van der Waals surface area contributed by atoms with Crippen LogP contribution in [-0.2, 0) is 0 Å². The molecule has 0 aliphatic heterocycles. The van der Waals surface area contributed by atoms with Crippen molar-refractivity contribution in [2.45, 2.75) is 6.92 Å². The molecule has 6 heteroatoms. The summed E-state index contributed by atoms with van der Waals surface area (Å²) in [5.74, 6) is -0.0591. The van der Waals surface area contributed by atoms with Gasteiger partial charge in [0.1, 0.15) is 5.75 Å². The molecule has 0 aliphatic carbocycles. The van der Waals surface area contributed by atoms with Crippen molar-refractivity contribution in [2.75, 3.05) is 12.5 Å². The highest BCUT2D eigenvalue weighted by Crippen LogP contribution is 2.22. The van der Waals surface area contributed by atoms with Crippen LogP contribution in [0.1, 0.15) is 6.92 Å². The van der Waals surface area contributed by atoms with Gasteiger partial charge in [-0.3, -0.25) is 10.1 Å². The first kappa shape index (κ1) is 12.7. The van der Waals surface area contributed by atoms with Gasteiger partial charge in [-0.1, -0.05) is 6.92 Å². The molecular weight excluding hydrogens is 237 g/mol. The van der Waals surface area contributed by atoms with Gasteiger partial charge in [0.05, 0.1) is 11.5 Å². The molecule has 88 valence electrons. The summed E-state index contributed by atoms with van der Waals surface area (Å²) in [6.45, 7) is 2.23. The predicted molar refractivity (Wildman–Crippen MR) is 58.4 cm³/mol. The summed E-state index contributed by atoms with van der Waals surface area (Å²) >= 11 is 5.57. The van der Waals surface area contributed by atoms with Crippen LogP contribution in [0, 0.1) is 21.8 Å². The van der Waals surface area contributed by atoms with E-state index >= 15 is 0 Å². The minimum atomic E-state index is -0.902. The lowest BCUT2D eigenvalue weighted by atomic mass is 10.2. The number of rotatable bonds is 5. The first-order chi connectivity index (χ1) is 7.54. The largest absolute Gasteiger partial charge is 0.493 e. The van der Waals surface area contributed by atoms with Crippen LogP contribution < -0.4 is 4.74 Å². The van der Waals surface area contributed by atoms with E-state index in [0.29, 0.717) is 12.5 Å². The molecule has 0 aliphatic rings. The van der Waals surface area contributed by atoms with Crippen LogP contribution in [0.4, 0.5) is 10.1 Å². The molecule has 0 bridgehead atoms. The van der Waals surface area contributed by atoms with Gasteiger partial charge in [0.2, 0.25) is 5.82 Å². The third kappa shape index (κ3) is 3.34. The highest BCUT2D eigenvalue weighted by atomic mass is 35.5. The fraction of sp³-hybridized carbons (Fsp3) is 0.400. The van der Waals surface area contributed by atoms with Gasteiger partial charge in [0, 0.05) is 23.9 Å². The number of ether oxygens (including phenoxy) is 1. The van der Waals surface area contributed by atoms with Gasteiger partial charge in [-0.2, -0.15) is 4.39 Å². The van der Waals surface area contributed by atoms with Gasteiger partial charge < -0.3 is 4.74 Å². The molecule has 1 rings (SSSR count). The van der Waals surface area contributed by atoms with Gasteiger partial charge >= 0.3 is 5.69 Å². The normalized spacial score (nSPS) is 12.2. The highest BCUT2D eigenvalue weighted by molar-refractivity contribution is 6.18. The lowest BCUT2D eigenvalue weighted by Crippen LogP contribution is -2.09. The lowest BCUT2D eigenvalue weighted by molar-refractivity contribution is -0.387. The maximum atomic E-state index is 13.2. The zero-order valence-corrected chi connectivity index (χ0v) is 9.41. The average Bonchev–Trinajstić information content (AvgIpc) is 2.25. The fourth-order valence-corrected chi connectivity index (χ4v) is 1.10.